The van der Waals surface area contributed by atoms with Gasteiger partial charge in [-0.2, -0.15) is 0 Å². The fraction of sp³-hybridized carbons (Fsp3) is 0.692. The summed E-state index contributed by atoms with van der Waals surface area (Å²) < 4.78 is 1.70. The van der Waals surface area contributed by atoms with E-state index >= 15 is 0 Å². The van der Waals surface area contributed by atoms with Crippen LogP contribution in [-0.4, -0.2) is 17.2 Å². The monoisotopic (exact) mass is 674 g/mol. The minimum atomic E-state index is -0.717. The van der Waals surface area contributed by atoms with Gasteiger partial charge >= 0.3 is 77.2 Å². The Morgan fingerprint density at radius 3 is 1.94 bits per heavy atom. The molecule has 0 atom stereocenters. The topological polar surface area (TPSA) is 20.2 Å². The number of rotatable bonds is 5. The molecule has 1 nitrogen and oxygen atoms in total. The molecule has 1 N–H and O–H groups in total. The van der Waals surface area contributed by atoms with Crippen LogP contribution in [-0.2, 0) is 9.33 Å². The fourth-order valence-electron chi connectivity index (χ4n) is 1.42. The van der Waals surface area contributed by atoms with Crippen molar-refractivity contribution in [2.75, 3.05) is 12.3 Å². The van der Waals surface area contributed by atoms with Crippen molar-refractivity contribution < 1.29 is 14.2 Å². The third-order valence-electron chi connectivity index (χ3n) is 2.02. The van der Waals surface area contributed by atoms with Gasteiger partial charge in [-0.05, 0) is 24.2 Å². The number of allylic oxidation sites excluding steroid dienone is 4. The van der Waals surface area contributed by atoms with Crippen LogP contribution in [0.4, 0.5) is 0 Å². The van der Waals surface area contributed by atoms with Crippen molar-refractivity contribution in [3.8, 4) is 0 Å². The molecule has 0 heterocycles. The van der Waals surface area contributed by atoms with Gasteiger partial charge in [0, 0.05) is 8.15 Å². The summed E-state index contributed by atoms with van der Waals surface area (Å²) in [6.07, 6.45) is 9.93. The molecular weight excluding hydrogens is 649 g/mol. The third-order valence-corrected chi connectivity index (χ3v) is 13.9. The van der Waals surface area contributed by atoms with Gasteiger partial charge in [0.2, 0.25) is 0 Å². The van der Waals surface area contributed by atoms with E-state index in [1.54, 1.807) is 4.09 Å². The summed E-state index contributed by atoms with van der Waals surface area (Å²) in [5, 5.41) is 0. The van der Waals surface area contributed by atoms with E-state index in [-0.39, 0.29) is 0 Å². The van der Waals surface area contributed by atoms with Crippen molar-refractivity contribution in [1.82, 2.24) is 0 Å². The molecule has 110 valence electrons. The van der Waals surface area contributed by atoms with Crippen molar-refractivity contribution in [2.45, 2.75) is 34.1 Å². The summed E-state index contributed by atoms with van der Waals surface area (Å²) in [6.45, 7) is 8.63. The van der Waals surface area contributed by atoms with Crippen LogP contribution in [0.15, 0.2) is 22.3 Å². The summed E-state index contributed by atoms with van der Waals surface area (Å²) in [6, 6.07) is 0. The van der Waals surface area contributed by atoms with Crippen molar-refractivity contribution in [3.05, 3.63) is 22.3 Å². The second-order valence-electron chi connectivity index (χ2n) is 5.05. The molecule has 0 aromatic carbocycles. The first-order valence-corrected chi connectivity index (χ1v) is 22.5. The van der Waals surface area contributed by atoms with Crippen molar-refractivity contribution in [3.63, 3.8) is 0 Å². The summed E-state index contributed by atoms with van der Waals surface area (Å²) in [7, 11) is -1.38. The first-order valence-electron chi connectivity index (χ1n) is 6.09. The fourth-order valence-corrected chi connectivity index (χ4v) is 8.81. The van der Waals surface area contributed by atoms with Gasteiger partial charge in [-0.1, -0.05) is 27.7 Å². The molecule has 0 bridgehead atoms. The van der Waals surface area contributed by atoms with Crippen LogP contribution in [0.25, 0.3) is 0 Å². The maximum atomic E-state index is 9.45. The molecule has 18 heavy (non-hydrogen) atoms. The molecule has 0 spiro atoms. The number of hydrogen-bond acceptors (Lipinski definition) is 1. The molecule has 5 heteroatoms. The SMILES string of the molecule is CC(C)CP(O)CC(C)C.[I][Ir]([I])[C]1=CC=CC1. The van der Waals surface area contributed by atoms with Crippen LogP contribution in [0.1, 0.15) is 34.1 Å². The summed E-state index contributed by atoms with van der Waals surface area (Å²) in [5.74, 6) is 1.30. The average molecular weight is 673 g/mol. The second kappa shape index (κ2) is 11.6. The maximum absolute atomic E-state index is 9.45. The first kappa shape index (κ1) is 20.0. The molecule has 0 saturated heterocycles. The van der Waals surface area contributed by atoms with Gasteiger partial charge in [-0.3, -0.25) is 0 Å². The zero-order chi connectivity index (χ0) is 14.1. The predicted octanol–water partition coefficient (Wildman–Crippen LogP) is 5.84. The second-order valence-corrected chi connectivity index (χ2v) is 32.6. The minimum absolute atomic E-state index is 0.648. The van der Waals surface area contributed by atoms with Crippen LogP contribution < -0.4 is 0 Å². The molecule has 1 aliphatic rings. The van der Waals surface area contributed by atoms with Gasteiger partial charge in [0.1, 0.15) is 0 Å². The van der Waals surface area contributed by atoms with Crippen molar-refractivity contribution in [2.24, 2.45) is 11.8 Å². The van der Waals surface area contributed by atoms with Gasteiger partial charge in [0.15, 0.2) is 0 Å². The molecule has 0 radical (unpaired) electrons. The quantitative estimate of drug-likeness (QED) is 0.288. The van der Waals surface area contributed by atoms with Gasteiger partial charge in [-0.25, -0.2) is 0 Å². The molecule has 0 aromatic rings. The Labute approximate surface area is 140 Å². The van der Waals surface area contributed by atoms with Crippen LogP contribution in [0, 0.1) is 11.8 Å². The summed E-state index contributed by atoms with van der Waals surface area (Å²) >= 11 is 5.18. The van der Waals surface area contributed by atoms with E-state index in [1.807, 2.05) is 0 Å². The third kappa shape index (κ3) is 11.8. The average Bonchev–Trinajstić information content (AvgIpc) is 2.67. The van der Waals surface area contributed by atoms with Gasteiger partial charge in [0.25, 0.3) is 0 Å². The van der Waals surface area contributed by atoms with E-state index in [0.717, 1.165) is 12.3 Å². The Hall–Kier alpha value is 1.98. The normalized spacial score (nSPS) is 15.0. The van der Waals surface area contributed by atoms with Crippen LogP contribution in [0.3, 0.4) is 0 Å². The van der Waals surface area contributed by atoms with Gasteiger partial charge in [-0.15, -0.1) is 0 Å². The van der Waals surface area contributed by atoms with E-state index in [2.05, 4.69) is 85.1 Å². The van der Waals surface area contributed by atoms with E-state index in [4.69, 9.17) is 0 Å². The van der Waals surface area contributed by atoms with Crippen LogP contribution in [0.5, 0.6) is 0 Å². The zero-order valence-electron chi connectivity index (χ0n) is 11.5. The van der Waals surface area contributed by atoms with Crippen LogP contribution >= 0.6 is 47.3 Å². The zero-order valence-corrected chi connectivity index (χ0v) is 19.1. The van der Waals surface area contributed by atoms with Gasteiger partial charge in [0.05, 0.1) is 0 Å². The Balaban J connectivity index is 0.000000327. The number of halogens is 2. The molecule has 0 amide bonds. The van der Waals surface area contributed by atoms with E-state index in [0.29, 0.717) is 11.8 Å². The van der Waals surface area contributed by atoms with Crippen molar-refractivity contribution >= 4 is 47.3 Å². The van der Waals surface area contributed by atoms with E-state index in [1.165, 1.54) is 6.42 Å². The van der Waals surface area contributed by atoms with Gasteiger partial charge < -0.3 is 4.89 Å². The Bertz CT molecular complexity index is 268. The van der Waals surface area contributed by atoms with Crippen molar-refractivity contribution in [1.29, 1.82) is 0 Å². The molecule has 1 aliphatic carbocycles. The molecule has 0 fully saturated rings. The molecular formula is C13H24I2IrOP. The molecule has 0 aromatic heterocycles. The van der Waals surface area contributed by atoms with Crippen LogP contribution in [0.2, 0.25) is 0 Å². The molecule has 0 saturated carbocycles. The predicted molar refractivity (Wildman–Crippen MR) is 98.4 cm³/mol. The van der Waals surface area contributed by atoms with E-state index in [9.17, 15) is 4.89 Å². The molecule has 0 aliphatic heterocycles. The van der Waals surface area contributed by atoms with E-state index < -0.39 is 17.5 Å². The Morgan fingerprint density at radius 2 is 1.72 bits per heavy atom. The number of hydrogen-bond donors (Lipinski definition) is 1. The molecule has 0 unspecified atom stereocenters. The Kier molecular flexibility index (Phi) is 12.9. The molecule has 1 rings (SSSR count). The summed E-state index contributed by atoms with van der Waals surface area (Å²) in [5.41, 5.74) is 0. The summed E-state index contributed by atoms with van der Waals surface area (Å²) in [4.78, 5) is 9.45. The standard InChI is InChI=1S/C8H19OP.C5H5.2HI.Ir/c1-7(2)5-10(9)6-8(3)4;1-2-4-5-3-1;;;/h7-9H,5-6H2,1-4H3;1-3H,4H2;2*1H;/q;;;;+2/p-2. The Morgan fingerprint density at radius 1 is 1.22 bits per heavy atom. The first-order chi connectivity index (χ1) is 8.32.